The molecule has 2 heterocycles. The van der Waals surface area contributed by atoms with Crippen LogP contribution in [-0.2, 0) is 9.53 Å². The summed E-state index contributed by atoms with van der Waals surface area (Å²) < 4.78 is 8.19. The van der Waals surface area contributed by atoms with E-state index in [1.807, 2.05) is 60.7 Å². The third kappa shape index (κ3) is 3.29. The van der Waals surface area contributed by atoms with Crippen molar-refractivity contribution in [2.75, 3.05) is 12.9 Å². The van der Waals surface area contributed by atoms with Gasteiger partial charge in [-0.2, -0.15) is 0 Å². The highest BCUT2D eigenvalue weighted by Crippen LogP contribution is 2.25. The molecule has 0 N–H and O–H groups in total. The average Bonchev–Trinajstić information content (AvgIpc) is 3.14. The van der Waals surface area contributed by atoms with Gasteiger partial charge < -0.3 is 4.74 Å². The molecule has 0 saturated heterocycles. The molecular weight excluding hydrogens is 388 g/mol. The summed E-state index contributed by atoms with van der Waals surface area (Å²) in [6.45, 7) is 4.01. The van der Waals surface area contributed by atoms with Gasteiger partial charge in [-0.25, -0.2) is 4.57 Å². The van der Waals surface area contributed by atoms with Crippen LogP contribution in [0.15, 0.2) is 52.4 Å². The van der Waals surface area contributed by atoms with Crippen molar-refractivity contribution in [1.82, 2.24) is 19.2 Å². The van der Waals surface area contributed by atoms with Crippen molar-refractivity contribution in [2.24, 2.45) is 0 Å². The van der Waals surface area contributed by atoms with Gasteiger partial charge in [-0.15, -0.1) is 10.2 Å². The van der Waals surface area contributed by atoms with Gasteiger partial charge in [0.2, 0.25) is 5.78 Å². The summed E-state index contributed by atoms with van der Waals surface area (Å²) in [6, 6.07) is 13.3. The lowest BCUT2D eigenvalue weighted by Gasteiger charge is -2.14. The molecule has 7 nitrogen and oxygen atoms in total. The van der Waals surface area contributed by atoms with Crippen LogP contribution in [0.2, 0.25) is 0 Å². The Morgan fingerprint density at radius 3 is 2.69 bits per heavy atom. The van der Waals surface area contributed by atoms with E-state index in [2.05, 4.69) is 10.2 Å². The largest absolute Gasteiger partial charge is 0.469 e. The smallest absolute Gasteiger partial charge is 0.306 e. The molecule has 0 fully saturated rings. The van der Waals surface area contributed by atoms with Crippen LogP contribution in [0.25, 0.3) is 22.4 Å². The molecule has 29 heavy (non-hydrogen) atoms. The molecule has 2 aromatic carbocycles. The molecule has 4 rings (SSSR count). The van der Waals surface area contributed by atoms with E-state index >= 15 is 0 Å². The molecule has 0 bridgehead atoms. The molecule has 0 aliphatic rings. The van der Waals surface area contributed by atoms with E-state index in [1.54, 1.807) is 4.57 Å². The van der Waals surface area contributed by atoms with Crippen LogP contribution in [-0.4, -0.2) is 38.0 Å². The Bertz CT molecular complexity index is 1290. The SMILES string of the molecule is COC(=O)CCSc1nnc2n(-c3cccc(C)c3C)c(=O)c3ccccc3n12. The molecule has 0 radical (unpaired) electrons. The Labute approximate surface area is 171 Å². The number of hydrogen-bond acceptors (Lipinski definition) is 6. The second-order valence-electron chi connectivity index (χ2n) is 6.67. The third-order valence-corrected chi connectivity index (χ3v) is 5.91. The molecule has 0 aliphatic carbocycles. The fourth-order valence-corrected chi connectivity index (χ4v) is 4.15. The molecule has 0 saturated carbocycles. The molecule has 0 aliphatic heterocycles. The van der Waals surface area contributed by atoms with Crippen molar-refractivity contribution >= 4 is 34.4 Å². The second-order valence-corrected chi connectivity index (χ2v) is 7.73. The fourth-order valence-electron chi connectivity index (χ4n) is 3.29. The van der Waals surface area contributed by atoms with Gasteiger partial charge >= 0.3 is 5.97 Å². The van der Waals surface area contributed by atoms with Gasteiger partial charge in [-0.3, -0.25) is 14.0 Å². The Morgan fingerprint density at radius 2 is 1.90 bits per heavy atom. The maximum atomic E-state index is 13.4. The summed E-state index contributed by atoms with van der Waals surface area (Å²) in [5.74, 6) is 0.677. The molecule has 2 aromatic heterocycles. The number of rotatable bonds is 5. The monoisotopic (exact) mass is 408 g/mol. The zero-order chi connectivity index (χ0) is 20.5. The van der Waals surface area contributed by atoms with E-state index in [-0.39, 0.29) is 17.9 Å². The van der Waals surface area contributed by atoms with E-state index in [0.29, 0.717) is 22.1 Å². The van der Waals surface area contributed by atoms with E-state index in [9.17, 15) is 9.59 Å². The van der Waals surface area contributed by atoms with Crippen molar-refractivity contribution in [2.45, 2.75) is 25.4 Å². The lowest BCUT2D eigenvalue weighted by Crippen LogP contribution is -2.22. The number of para-hydroxylation sites is 1. The van der Waals surface area contributed by atoms with Gasteiger partial charge in [0.05, 0.1) is 30.1 Å². The second kappa shape index (κ2) is 7.71. The van der Waals surface area contributed by atoms with Crippen LogP contribution in [0.4, 0.5) is 0 Å². The number of aryl methyl sites for hydroxylation is 1. The van der Waals surface area contributed by atoms with Crippen molar-refractivity contribution in [3.05, 3.63) is 63.9 Å². The number of methoxy groups -OCH3 is 1. The predicted octanol–water partition coefficient (Wildman–Crippen LogP) is 3.31. The van der Waals surface area contributed by atoms with Crippen LogP contribution in [0.3, 0.4) is 0 Å². The minimum absolute atomic E-state index is 0.139. The first-order chi connectivity index (χ1) is 14.0. The number of carbonyl (C=O) groups excluding carboxylic acids is 1. The van der Waals surface area contributed by atoms with Gasteiger partial charge in [0.25, 0.3) is 5.56 Å². The Morgan fingerprint density at radius 1 is 1.10 bits per heavy atom. The Hall–Kier alpha value is -3.13. The molecule has 4 aromatic rings. The summed E-state index contributed by atoms with van der Waals surface area (Å²) in [5.41, 5.74) is 3.48. The molecule has 0 amide bonds. The van der Waals surface area contributed by atoms with Gasteiger partial charge in [0.15, 0.2) is 5.16 Å². The van der Waals surface area contributed by atoms with Crippen molar-refractivity contribution in [1.29, 1.82) is 0 Å². The summed E-state index contributed by atoms with van der Waals surface area (Å²) in [5, 5.41) is 9.85. The highest BCUT2D eigenvalue weighted by molar-refractivity contribution is 7.99. The molecule has 8 heteroatoms. The third-order valence-electron chi connectivity index (χ3n) is 4.98. The Balaban J connectivity index is 1.97. The molecule has 0 atom stereocenters. The van der Waals surface area contributed by atoms with E-state index in [1.165, 1.54) is 18.9 Å². The number of hydrogen-bond donors (Lipinski definition) is 0. The highest BCUT2D eigenvalue weighted by Gasteiger charge is 2.19. The van der Waals surface area contributed by atoms with Crippen molar-refractivity contribution < 1.29 is 9.53 Å². The maximum Gasteiger partial charge on any atom is 0.306 e. The number of esters is 1. The number of carbonyl (C=O) groups is 1. The fraction of sp³-hybridized carbons (Fsp3) is 0.238. The van der Waals surface area contributed by atoms with Crippen LogP contribution in [0.1, 0.15) is 17.5 Å². The lowest BCUT2D eigenvalue weighted by molar-refractivity contribution is -0.140. The van der Waals surface area contributed by atoms with Gasteiger partial charge in [0, 0.05) is 5.75 Å². The topological polar surface area (TPSA) is 78.5 Å². The zero-order valence-electron chi connectivity index (χ0n) is 16.4. The number of aromatic nitrogens is 4. The van der Waals surface area contributed by atoms with Crippen molar-refractivity contribution in [3.8, 4) is 5.69 Å². The van der Waals surface area contributed by atoms with E-state index in [4.69, 9.17) is 4.74 Å². The molecular formula is C21H20N4O3S. The minimum atomic E-state index is -0.275. The van der Waals surface area contributed by atoms with Crippen molar-refractivity contribution in [3.63, 3.8) is 0 Å². The first kappa shape index (κ1) is 19.2. The number of benzene rings is 2. The summed E-state index contributed by atoms with van der Waals surface area (Å²) in [6.07, 6.45) is 0.268. The van der Waals surface area contributed by atoms with Crippen LogP contribution in [0, 0.1) is 13.8 Å². The maximum absolute atomic E-state index is 13.4. The highest BCUT2D eigenvalue weighted by atomic mass is 32.2. The number of thioether (sulfide) groups is 1. The van der Waals surface area contributed by atoms with Gasteiger partial charge in [-0.05, 0) is 43.2 Å². The van der Waals surface area contributed by atoms with Gasteiger partial charge in [-0.1, -0.05) is 36.0 Å². The minimum Gasteiger partial charge on any atom is -0.469 e. The number of nitrogens with zero attached hydrogens (tertiary/aromatic N) is 4. The summed E-state index contributed by atoms with van der Waals surface area (Å²) in [7, 11) is 1.37. The Kier molecular flexibility index (Phi) is 5.10. The number of fused-ring (bicyclic) bond motifs is 3. The standard InChI is InChI=1S/C21H20N4O3S/c1-13-7-6-10-16(14(13)2)24-19(27)15-8-4-5-9-17(15)25-20(24)22-23-21(25)29-12-11-18(26)28-3/h4-10H,11-12H2,1-3H3. The summed E-state index contributed by atoms with van der Waals surface area (Å²) in [4.78, 5) is 24.8. The van der Waals surface area contributed by atoms with Crippen LogP contribution < -0.4 is 5.56 Å². The van der Waals surface area contributed by atoms with Gasteiger partial charge in [0.1, 0.15) is 0 Å². The first-order valence-electron chi connectivity index (χ1n) is 9.18. The lowest BCUT2D eigenvalue weighted by atomic mass is 10.1. The quantitative estimate of drug-likeness (QED) is 0.372. The molecule has 0 unspecified atom stereocenters. The van der Waals surface area contributed by atoms with Crippen LogP contribution in [0.5, 0.6) is 0 Å². The van der Waals surface area contributed by atoms with Crippen LogP contribution >= 0.6 is 11.8 Å². The molecule has 148 valence electrons. The average molecular weight is 408 g/mol. The molecule has 0 spiro atoms. The normalized spacial score (nSPS) is 11.3. The van der Waals surface area contributed by atoms with E-state index in [0.717, 1.165) is 22.3 Å². The summed E-state index contributed by atoms with van der Waals surface area (Å²) >= 11 is 1.41. The predicted molar refractivity (Wildman–Crippen MR) is 113 cm³/mol. The number of ether oxygens (including phenoxy) is 1. The van der Waals surface area contributed by atoms with E-state index < -0.39 is 0 Å². The zero-order valence-corrected chi connectivity index (χ0v) is 17.2. The first-order valence-corrected chi connectivity index (χ1v) is 10.2.